The second-order valence-corrected chi connectivity index (χ2v) is 7.20. The number of nitrogens with zero attached hydrogens (tertiary/aromatic N) is 2. The first kappa shape index (κ1) is 20.1. The van der Waals surface area contributed by atoms with Gasteiger partial charge in [-0.05, 0) is 29.2 Å². The summed E-state index contributed by atoms with van der Waals surface area (Å²) in [6.45, 7) is 1.74. The van der Waals surface area contributed by atoms with E-state index in [1.54, 1.807) is 4.90 Å². The van der Waals surface area contributed by atoms with E-state index in [1.807, 2.05) is 0 Å². The van der Waals surface area contributed by atoms with Gasteiger partial charge in [0.15, 0.2) is 5.15 Å². The van der Waals surface area contributed by atoms with Gasteiger partial charge in [-0.2, -0.15) is 17.5 Å². The van der Waals surface area contributed by atoms with Gasteiger partial charge in [-0.25, -0.2) is 0 Å². The Balaban J connectivity index is 2.01. The van der Waals surface area contributed by atoms with Gasteiger partial charge in [-0.1, -0.05) is 35.3 Å². The van der Waals surface area contributed by atoms with Gasteiger partial charge in [-0.15, -0.1) is 0 Å². The lowest BCUT2D eigenvalue weighted by Gasteiger charge is -2.26. The highest BCUT2D eigenvalue weighted by molar-refractivity contribution is 7.08. The largest absolute Gasteiger partial charge is 0.416 e. The number of benzene rings is 1. The van der Waals surface area contributed by atoms with E-state index in [1.165, 1.54) is 18.2 Å². The molecule has 0 N–H and O–H groups in total. The van der Waals surface area contributed by atoms with E-state index in [0.29, 0.717) is 42.3 Å². The predicted molar refractivity (Wildman–Crippen MR) is 98.1 cm³/mol. The van der Waals surface area contributed by atoms with Crippen molar-refractivity contribution in [1.82, 2.24) is 9.27 Å². The van der Waals surface area contributed by atoms with Gasteiger partial charge in [0.05, 0.1) is 28.7 Å². The summed E-state index contributed by atoms with van der Waals surface area (Å²) >= 11 is 13.1. The second-order valence-electron chi connectivity index (χ2n) is 5.69. The Morgan fingerprint density at radius 3 is 2.33 bits per heavy atom. The molecule has 1 aliphatic heterocycles. The third-order valence-corrected chi connectivity index (χ3v) is 5.79. The Morgan fingerprint density at radius 2 is 1.81 bits per heavy atom. The quantitative estimate of drug-likeness (QED) is 0.651. The highest BCUT2D eigenvalue weighted by Gasteiger charge is 2.30. The Morgan fingerprint density at radius 1 is 1.19 bits per heavy atom. The Labute approximate surface area is 167 Å². The van der Waals surface area contributed by atoms with Gasteiger partial charge < -0.3 is 9.64 Å². The molecule has 1 amide bonds. The lowest BCUT2D eigenvalue weighted by atomic mass is 10.0. The van der Waals surface area contributed by atoms with E-state index in [0.717, 1.165) is 23.7 Å². The number of rotatable bonds is 3. The zero-order chi connectivity index (χ0) is 19.6. The highest BCUT2D eigenvalue weighted by atomic mass is 35.5. The molecule has 1 aromatic heterocycles. The van der Waals surface area contributed by atoms with Crippen LogP contribution in [0.2, 0.25) is 10.2 Å². The average molecular weight is 437 g/mol. The van der Waals surface area contributed by atoms with Crippen molar-refractivity contribution in [3.8, 4) is 0 Å². The number of ether oxygens (including phenoxy) is 1. The Kier molecular flexibility index (Phi) is 6.10. The third kappa shape index (κ3) is 4.63. The lowest BCUT2D eigenvalue weighted by Crippen LogP contribution is -2.39. The van der Waals surface area contributed by atoms with E-state index in [9.17, 15) is 18.0 Å². The molecule has 0 aliphatic carbocycles. The molecule has 3 rings (SSSR count). The fourth-order valence-electron chi connectivity index (χ4n) is 2.54. The first-order valence-corrected chi connectivity index (χ1v) is 9.37. The van der Waals surface area contributed by atoms with Crippen LogP contribution in [0.25, 0.3) is 5.57 Å². The average Bonchev–Trinajstić information content (AvgIpc) is 2.98. The molecule has 0 saturated carbocycles. The Bertz CT molecular complexity index is 860. The predicted octanol–water partition coefficient (Wildman–Crippen LogP) is 4.76. The summed E-state index contributed by atoms with van der Waals surface area (Å²) in [5, 5.41) is 0.232. The SMILES string of the molecule is O=C(/C=C(\c1ccc(C(F)(F)F)cc1)c1snc(Cl)c1Cl)N1CCOCC1. The molecule has 1 fully saturated rings. The van der Waals surface area contributed by atoms with Crippen LogP contribution in [0.5, 0.6) is 0 Å². The summed E-state index contributed by atoms with van der Waals surface area (Å²) in [6.07, 6.45) is -3.10. The molecule has 0 spiro atoms. The third-order valence-electron chi connectivity index (χ3n) is 3.96. The van der Waals surface area contributed by atoms with Crippen molar-refractivity contribution in [2.45, 2.75) is 6.18 Å². The molecule has 0 bridgehead atoms. The summed E-state index contributed by atoms with van der Waals surface area (Å²) in [5.41, 5.74) is -0.0000165. The van der Waals surface area contributed by atoms with Crippen molar-refractivity contribution in [1.29, 1.82) is 0 Å². The van der Waals surface area contributed by atoms with Gasteiger partial charge in [0.2, 0.25) is 5.91 Å². The van der Waals surface area contributed by atoms with Crippen LogP contribution in [-0.4, -0.2) is 41.5 Å². The summed E-state index contributed by atoms with van der Waals surface area (Å²) in [7, 11) is 0. The van der Waals surface area contributed by atoms with Crippen molar-refractivity contribution >= 4 is 46.2 Å². The van der Waals surface area contributed by atoms with Gasteiger partial charge in [-0.3, -0.25) is 4.79 Å². The number of hydrogen-bond donors (Lipinski definition) is 0. The van der Waals surface area contributed by atoms with Crippen LogP contribution in [-0.2, 0) is 15.7 Å². The molecule has 0 atom stereocenters. The topological polar surface area (TPSA) is 42.4 Å². The van der Waals surface area contributed by atoms with Crippen LogP contribution in [0.15, 0.2) is 30.3 Å². The smallest absolute Gasteiger partial charge is 0.378 e. The molecule has 0 radical (unpaired) electrons. The van der Waals surface area contributed by atoms with Gasteiger partial charge >= 0.3 is 6.18 Å². The van der Waals surface area contributed by atoms with Crippen LogP contribution in [0.4, 0.5) is 13.2 Å². The fourth-order valence-corrected chi connectivity index (χ4v) is 3.81. The molecule has 144 valence electrons. The van der Waals surface area contributed by atoms with Crippen molar-refractivity contribution < 1.29 is 22.7 Å². The number of amides is 1. The van der Waals surface area contributed by atoms with Gasteiger partial charge in [0.25, 0.3) is 0 Å². The molecule has 4 nitrogen and oxygen atoms in total. The number of morpholine rings is 1. The van der Waals surface area contributed by atoms with Crippen LogP contribution >= 0.6 is 34.7 Å². The first-order valence-electron chi connectivity index (χ1n) is 7.84. The number of alkyl halides is 3. The zero-order valence-electron chi connectivity index (χ0n) is 13.7. The van der Waals surface area contributed by atoms with Crippen LogP contribution in [0.3, 0.4) is 0 Å². The normalized spacial score (nSPS) is 15.9. The number of carbonyl (C=O) groups excluding carboxylic acids is 1. The minimum absolute atomic E-state index is 0.0771. The molecule has 1 aromatic carbocycles. The molecule has 2 aromatic rings. The standard InChI is InChI=1S/C17H13Cl2F3N2O2S/c18-14-15(27-23-16(14)19)12(9-13(25)24-5-7-26-8-6-24)10-1-3-11(4-2-10)17(20,21)22/h1-4,9H,5-8H2/b12-9+. The molecule has 1 aliphatic rings. The molecule has 0 unspecified atom stereocenters. The van der Waals surface area contributed by atoms with Crippen molar-refractivity contribution in [3.63, 3.8) is 0 Å². The van der Waals surface area contributed by atoms with E-state index in [2.05, 4.69) is 4.37 Å². The molecule has 27 heavy (non-hydrogen) atoms. The molecular formula is C17H13Cl2F3N2O2S. The minimum Gasteiger partial charge on any atom is -0.378 e. The van der Waals surface area contributed by atoms with Crippen LogP contribution in [0.1, 0.15) is 16.0 Å². The summed E-state index contributed by atoms with van der Waals surface area (Å²) in [5.74, 6) is -0.284. The molecular weight excluding hydrogens is 424 g/mol. The number of aromatic nitrogens is 1. The van der Waals surface area contributed by atoms with Crippen molar-refractivity contribution in [2.24, 2.45) is 0 Å². The molecule has 2 heterocycles. The maximum absolute atomic E-state index is 12.8. The second kappa shape index (κ2) is 8.18. The van der Waals surface area contributed by atoms with Gasteiger partial charge in [0, 0.05) is 24.7 Å². The fraction of sp³-hybridized carbons (Fsp3) is 0.294. The highest BCUT2D eigenvalue weighted by Crippen LogP contribution is 2.38. The maximum atomic E-state index is 12.8. The molecule has 1 saturated heterocycles. The van der Waals surface area contributed by atoms with Crippen molar-refractivity contribution in [2.75, 3.05) is 26.3 Å². The maximum Gasteiger partial charge on any atom is 0.416 e. The van der Waals surface area contributed by atoms with E-state index >= 15 is 0 Å². The van der Waals surface area contributed by atoms with Crippen molar-refractivity contribution in [3.05, 3.63) is 56.5 Å². The number of carbonyl (C=O) groups is 1. The Hall–Kier alpha value is -1.61. The summed E-state index contributed by atoms with van der Waals surface area (Å²) in [6, 6.07) is 4.51. The summed E-state index contributed by atoms with van der Waals surface area (Å²) in [4.78, 5) is 14.6. The number of hydrogen-bond acceptors (Lipinski definition) is 4. The molecule has 10 heteroatoms. The van der Waals surface area contributed by atoms with E-state index < -0.39 is 11.7 Å². The van der Waals surface area contributed by atoms with Crippen LogP contribution in [0, 0.1) is 0 Å². The van der Waals surface area contributed by atoms with E-state index in [-0.39, 0.29) is 16.1 Å². The zero-order valence-corrected chi connectivity index (χ0v) is 16.1. The first-order chi connectivity index (χ1) is 12.8. The van der Waals surface area contributed by atoms with Gasteiger partial charge in [0.1, 0.15) is 0 Å². The minimum atomic E-state index is -4.45. The van der Waals surface area contributed by atoms with Crippen LogP contribution < -0.4 is 0 Å². The van der Waals surface area contributed by atoms with E-state index in [4.69, 9.17) is 27.9 Å². The lowest BCUT2D eigenvalue weighted by molar-refractivity contribution is -0.137. The number of halogens is 5. The monoisotopic (exact) mass is 436 g/mol. The summed E-state index contributed by atoms with van der Waals surface area (Å²) < 4.78 is 47.7.